The van der Waals surface area contributed by atoms with Crippen LogP contribution < -0.4 is 0 Å². The number of carbonyl (C=O) groups is 1. The first kappa shape index (κ1) is 11.1. The number of aliphatic imine (C=N–C) groups is 1. The first-order chi connectivity index (χ1) is 7.70. The Balaban J connectivity index is 2.17. The van der Waals surface area contributed by atoms with Crippen LogP contribution in [0.15, 0.2) is 33.7 Å². The van der Waals surface area contributed by atoms with Gasteiger partial charge in [0.05, 0.1) is 7.11 Å². The van der Waals surface area contributed by atoms with E-state index in [0.29, 0.717) is 5.90 Å². The molecule has 1 unspecified atom stereocenters. The van der Waals surface area contributed by atoms with Crippen molar-refractivity contribution in [2.24, 2.45) is 4.99 Å². The van der Waals surface area contributed by atoms with Gasteiger partial charge in [-0.25, -0.2) is 9.79 Å². The molecule has 84 valence electrons. The van der Waals surface area contributed by atoms with E-state index < -0.39 is 6.04 Å². The third kappa shape index (κ3) is 2.24. The van der Waals surface area contributed by atoms with Gasteiger partial charge in [0.15, 0.2) is 6.04 Å². The molecule has 0 aromatic heterocycles. The van der Waals surface area contributed by atoms with Gasteiger partial charge >= 0.3 is 5.97 Å². The molecule has 0 radical (unpaired) electrons. The maximum absolute atomic E-state index is 11.2. The topological polar surface area (TPSA) is 47.9 Å². The first-order valence-corrected chi connectivity index (χ1v) is 5.54. The Hall–Kier alpha value is -1.36. The van der Waals surface area contributed by atoms with Gasteiger partial charge < -0.3 is 9.47 Å². The lowest BCUT2D eigenvalue weighted by molar-refractivity contribution is -0.142. The van der Waals surface area contributed by atoms with Crippen LogP contribution in [0.2, 0.25) is 0 Å². The van der Waals surface area contributed by atoms with E-state index in [1.807, 2.05) is 24.3 Å². The van der Waals surface area contributed by atoms with E-state index >= 15 is 0 Å². The van der Waals surface area contributed by atoms with Crippen LogP contribution >= 0.6 is 15.9 Å². The zero-order chi connectivity index (χ0) is 11.5. The largest absolute Gasteiger partial charge is 0.475 e. The van der Waals surface area contributed by atoms with Crippen LogP contribution in [0.3, 0.4) is 0 Å². The lowest BCUT2D eigenvalue weighted by Gasteiger charge is -2.00. The number of ether oxygens (including phenoxy) is 2. The zero-order valence-electron chi connectivity index (χ0n) is 8.64. The molecule has 0 N–H and O–H groups in total. The van der Waals surface area contributed by atoms with E-state index in [2.05, 4.69) is 25.7 Å². The van der Waals surface area contributed by atoms with Gasteiger partial charge in [-0.2, -0.15) is 0 Å². The Kier molecular flexibility index (Phi) is 3.24. The molecule has 4 nitrogen and oxygen atoms in total. The highest BCUT2D eigenvalue weighted by Gasteiger charge is 2.26. The minimum Gasteiger partial charge on any atom is -0.475 e. The second-order valence-corrected chi connectivity index (χ2v) is 4.21. The molecule has 1 aromatic carbocycles. The molecule has 2 rings (SSSR count). The second kappa shape index (κ2) is 4.65. The number of benzene rings is 1. The summed E-state index contributed by atoms with van der Waals surface area (Å²) in [5.74, 6) is 0.120. The Morgan fingerprint density at radius 3 is 2.81 bits per heavy atom. The van der Waals surface area contributed by atoms with Crippen molar-refractivity contribution in [1.29, 1.82) is 0 Å². The second-order valence-electron chi connectivity index (χ2n) is 3.29. The van der Waals surface area contributed by atoms with Gasteiger partial charge in [0.2, 0.25) is 5.90 Å². The van der Waals surface area contributed by atoms with Crippen molar-refractivity contribution in [1.82, 2.24) is 0 Å². The van der Waals surface area contributed by atoms with Crippen LogP contribution in [-0.4, -0.2) is 31.6 Å². The number of esters is 1. The van der Waals surface area contributed by atoms with Crippen LogP contribution in [0.4, 0.5) is 0 Å². The first-order valence-electron chi connectivity index (χ1n) is 4.75. The normalized spacial score (nSPS) is 18.9. The van der Waals surface area contributed by atoms with Crippen molar-refractivity contribution in [3.8, 4) is 0 Å². The van der Waals surface area contributed by atoms with Crippen molar-refractivity contribution >= 4 is 27.8 Å². The summed E-state index contributed by atoms with van der Waals surface area (Å²) in [4.78, 5) is 15.4. The highest BCUT2D eigenvalue weighted by atomic mass is 79.9. The molecule has 0 saturated carbocycles. The number of nitrogens with zero attached hydrogens (tertiary/aromatic N) is 1. The standard InChI is InChI=1S/C11H10BrNO3/c1-15-11(14)9-6-16-10(13-9)7-2-4-8(12)5-3-7/h2-5,9H,6H2,1H3. The van der Waals surface area contributed by atoms with E-state index in [1.165, 1.54) is 7.11 Å². The summed E-state index contributed by atoms with van der Waals surface area (Å²) in [7, 11) is 1.34. The Bertz CT molecular complexity index is 427. The molecule has 1 aliphatic rings. The van der Waals surface area contributed by atoms with Gasteiger partial charge in [0, 0.05) is 10.0 Å². The van der Waals surface area contributed by atoms with E-state index in [-0.39, 0.29) is 12.6 Å². The smallest absolute Gasteiger partial charge is 0.334 e. The molecular formula is C11H10BrNO3. The SMILES string of the molecule is COC(=O)C1COC(c2ccc(Br)cc2)=N1. The van der Waals surface area contributed by atoms with Crippen LogP contribution in [0.25, 0.3) is 0 Å². The summed E-state index contributed by atoms with van der Waals surface area (Å²) in [5.41, 5.74) is 0.856. The third-order valence-electron chi connectivity index (χ3n) is 2.22. The molecular weight excluding hydrogens is 274 g/mol. The summed E-state index contributed by atoms with van der Waals surface area (Å²) in [6, 6.07) is 7.01. The maximum Gasteiger partial charge on any atom is 0.334 e. The number of hydrogen-bond donors (Lipinski definition) is 0. The van der Waals surface area contributed by atoms with E-state index in [1.54, 1.807) is 0 Å². The molecule has 5 heteroatoms. The number of methoxy groups -OCH3 is 1. The van der Waals surface area contributed by atoms with Gasteiger partial charge in [-0.1, -0.05) is 15.9 Å². The fourth-order valence-electron chi connectivity index (χ4n) is 1.38. The monoisotopic (exact) mass is 283 g/mol. The highest BCUT2D eigenvalue weighted by Crippen LogP contribution is 2.16. The molecule has 0 bridgehead atoms. The molecule has 1 aliphatic heterocycles. The number of carbonyl (C=O) groups excluding carboxylic acids is 1. The minimum atomic E-state index is -0.538. The van der Waals surface area contributed by atoms with Crippen LogP contribution in [0.1, 0.15) is 5.56 Å². The lowest BCUT2D eigenvalue weighted by Crippen LogP contribution is -2.21. The summed E-state index contributed by atoms with van der Waals surface area (Å²) in [5, 5.41) is 0. The Morgan fingerprint density at radius 2 is 2.19 bits per heavy atom. The molecule has 0 aliphatic carbocycles. The summed E-state index contributed by atoms with van der Waals surface area (Å²) < 4.78 is 10.9. The van der Waals surface area contributed by atoms with Crippen molar-refractivity contribution in [2.45, 2.75) is 6.04 Å². The fourth-order valence-corrected chi connectivity index (χ4v) is 1.65. The molecule has 1 aromatic rings. The predicted octanol–water partition coefficient (Wildman–Crippen LogP) is 1.77. The predicted molar refractivity (Wildman–Crippen MR) is 62.4 cm³/mol. The van der Waals surface area contributed by atoms with Gasteiger partial charge in [-0.15, -0.1) is 0 Å². The average molecular weight is 284 g/mol. The number of rotatable bonds is 2. The van der Waals surface area contributed by atoms with Crippen molar-refractivity contribution < 1.29 is 14.3 Å². The molecule has 0 saturated heterocycles. The zero-order valence-corrected chi connectivity index (χ0v) is 10.2. The third-order valence-corrected chi connectivity index (χ3v) is 2.74. The summed E-state index contributed by atoms with van der Waals surface area (Å²) >= 11 is 3.35. The molecule has 0 amide bonds. The summed E-state index contributed by atoms with van der Waals surface area (Å²) in [6.45, 7) is 0.248. The highest BCUT2D eigenvalue weighted by molar-refractivity contribution is 9.10. The van der Waals surface area contributed by atoms with E-state index in [4.69, 9.17) is 4.74 Å². The van der Waals surface area contributed by atoms with Crippen molar-refractivity contribution in [3.05, 3.63) is 34.3 Å². The van der Waals surface area contributed by atoms with Crippen LogP contribution in [0, 0.1) is 0 Å². The average Bonchev–Trinajstić information content (AvgIpc) is 2.78. The van der Waals surface area contributed by atoms with E-state index in [0.717, 1.165) is 10.0 Å². The maximum atomic E-state index is 11.2. The van der Waals surface area contributed by atoms with Gasteiger partial charge in [-0.3, -0.25) is 0 Å². The van der Waals surface area contributed by atoms with Crippen molar-refractivity contribution in [3.63, 3.8) is 0 Å². The lowest BCUT2D eigenvalue weighted by atomic mass is 10.2. The molecule has 16 heavy (non-hydrogen) atoms. The molecule has 1 atom stereocenters. The fraction of sp³-hybridized carbons (Fsp3) is 0.273. The van der Waals surface area contributed by atoms with Gasteiger partial charge in [-0.05, 0) is 24.3 Å². The molecule has 1 heterocycles. The van der Waals surface area contributed by atoms with Gasteiger partial charge in [0.1, 0.15) is 6.61 Å². The minimum absolute atomic E-state index is 0.248. The molecule has 0 fully saturated rings. The Labute approximate surface area is 101 Å². The van der Waals surface area contributed by atoms with Crippen LogP contribution in [0.5, 0.6) is 0 Å². The van der Waals surface area contributed by atoms with Crippen molar-refractivity contribution in [2.75, 3.05) is 13.7 Å². The quantitative estimate of drug-likeness (QED) is 0.778. The molecule has 0 spiro atoms. The Morgan fingerprint density at radius 1 is 1.50 bits per heavy atom. The number of halogens is 1. The van der Waals surface area contributed by atoms with Crippen LogP contribution in [-0.2, 0) is 14.3 Å². The summed E-state index contributed by atoms with van der Waals surface area (Å²) in [6.07, 6.45) is 0. The van der Waals surface area contributed by atoms with Gasteiger partial charge in [0.25, 0.3) is 0 Å². The van der Waals surface area contributed by atoms with E-state index in [9.17, 15) is 4.79 Å². The number of hydrogen-bond acceptors (Lipinski definition) is 4.